The summed E-state index contributed by atoms with van der Waals surface area (Å²) in [6, 6.07) is 4.73. The van der Waals surface area contributed by atoms with E-state index in [4.69, 9.17) is 14.2 Å². The predicted octanol–water partition coefficient (Wildman–Crippen LogP) is 0.984. The largest absolute Gasteiger partial charge is 0.508 e. The fraction of sp³-hybridized carbons (Fsp3) is 0.435. The van der Waals surface area contributed by atoms with Gasteiger partial charge >= 0.3 is 5.97 Å². The van der Waals surface area contributed by atoms with Crippen LogP contribution in [0.1, 0.15) is 41.3 Å². The van der Waals surface area contributed by atoms with E-state index >= 15 is 0 Å². The zero-order chi connectivity index (χ0) is 25.3. The van der Waals surface area contributed by atoms with Crippen molar-refractivity contribution in [2.45, 2.75) is 57.4 Å². The number of phenolic OH excluding ortho intramolecular Hbond substituents is 4. The second-order valence-corrected chi connectivity index (χ2v) is 8.39. The number of aromatic hydroxyl groups is 4. The van der Waals surface area contributed by atoms with Crippen LogP contribution in [0.3, 0.4) is 0 Å². The van der Waals surface area contributed by atoms with Crippen LogP contribution < -0.4 is 4.74 Å². The van der Waals surface area contributed by atoms with Gasteiger partial charge in [-0.05, 0) is 42.7 Å². The molecule has 0 bridgehead atoms. The van der Waals surface area contributed by atoms with Gasteiger partial charge in [-0.3, -0.25) is 0 Å². The van der Waals surface area contributed by atoms with Crippen LogP contribution in [-0.4, -0.2) is 79.0 Å². The Balaban J connectivity index is 1.88. The summed E-state index contributed by atoms with van der Waals surface area (Å²) in [7, 11) is 0. The van der Waals surface area contributed by atoms with Crippen LogP contribution in [0.25, 0.3) is 0 Å². The minimum Gasteiger partial charge on any atom is -0.508 e. The summed E-state index contributed by atoms with van der Waals surface area (Å²) in [4.78, 5) is 12.6. The van der Waals surface area contributed by atoms with Gasteiger partial charge in [0.15, 0.2) is 29.5 Å². The van der Waals surface area contributed by atoms with E-state index in [1.54, 1.807) is 13.0 Å². The number of phenols is 4. The van der Waals surface area contributed by atoms with Crippen molar-refractivity contribution in [3.05, 3.63) is 41.0 Å². The maximum atomic E-state index is 12.6. The summed E-state index contributed by atoms with van der Waals surface area (Å²) in [5.74, 6) is -3.28. The van der Waals surface area contributed by atoms with Crippen molar-refractivity contribution < 1.29 is 54.8 Å². The van der Waals surface area contributed by atoms with Crippen LogP contribution in [0.5, 0.6) is 28.7 Å². The average Bonchev–Trinajstić information content (AvgIpc) is 2.78. The van der Waals surface area contributed by atoms with Crippen molar-refractivity contribution in [3.8, 4) is 28.7 Å². The molecule has 1 heterocycles. The Hall–Kier alpha value is -3.25. The van der Waals surface area contributed by atoms with Crippen molar-refractivity contribution in [1.82, 2.24) is 0 Å². The zero-order valence-electron chi connectivity index (χ0n) is 18.7. The summed E-state index contributed by atoms with van der Waals surface area (Å²) in [5, 5.41) is 69.7. The van der Waals surface area contributed by atoms with Gasteiger partial charge < -0.3 is 50.0 Å². The number of aliphatic hydroxyl groups excluding tert-OH is 3. The molecule has 5 atom stereocenters. The Morgan fingerprint density at radius 1 is 1.00 bits per heavy atom. The van der Waals surface area contributed by atoms with Gasteiger partial charge in [0.1, 0.15) is 23.7 Å². The molecule has 0 saturated carbocycles. The van der Waals surface area contributed by atoms with Crippen LogP contribution in [0, 0.1) is 6.92 Å². The first-order valence-electron chi connectivity index (χ1n) is 10.5. The molecular weight excluding hydrogens is 452 g/mol. The number of rotatable bonds is 6. The number of ether oxygens (including phenoxy) is 3. The SMILES string of the molecule is Cc1cc(OC2OC(CO)C(O)C(OC(=O)c3cc(O)c(O)c(O)c3)C2O)c(C(C)C)cc1O. The molecule has 2 aromatic carbocycles. The fourth-order valence-corrected chi connectivity index (χ4v) is 3.57. The molecular formula is C23H28O11. The summed E-state index contributed by atoms with van der Waals surface area (Å²) in [6.07, 6.45) is -7.73. The van der Waals surface area contributed by atoms with E-state index in [1.165, 1.54) is 6.07 Å². The molecule has 186 valence electrons. The molecule has 34 heavy (non-hydrogen) atoms. The van der Waals surface area contributed by atoms with Gasteiger partial charge in [0.05, 0.1) is 12.2 Å². The molecule has 1 fully saturated rings. The molecule has 1 aliphatic heterocycles. The van der Waals surface area contributed by atoms with Gasteiger partial charge in [-0.15, -0.1) is 0 Å². The lowest BCUT2D eigenvalue weighted by Gasteiger charge is -2.41. The Bertz CT molecular complexity index is 1030. The Morgan fingerprint density at radius 2 is 1.62 bits per heavy atom. The maximum Gasteiger partial charge on any atom is 0.338 e. The molecule has 7 N–H and O–H groups in total. The molecule has 0 aromatic heterocycles. The summed E-state index contributed by atoms with van der Waals surface area (Å²) in [5.41, 5.74) is 0.737. The third-order valence-electron chi connectivity index (χ3n) is 5.56. The summed E-state index contributed by atoms with van der Waals surface area (Å²) >= 11 is 0. The van der Waals surface area contributed by atoms with E-state index in [9.17, 15) is 40.5 Å². The van der Waals surface area contributed by atoms with E-state index in [-0.39, 0.29) is 23.0 Å². The van der Waals surface area contributed by atoms with Crippen LogP contribution in [0.2, 0.25) is 0 Å². The van der Waals surface area contributed by atoms with E-state index in [0.29, 0.717) is 11.1 Å². The number of carbonyl (C=O) groups excluding carboxylic acids is 1. The zero-order valence-corrected chi connectivity index (χ0v) is 18.7. The molecule has 0 radical (unpaired) electrons. The monoisotopic (exact) mass is 480 g/mol. The normalized spacial score (nSPS) is 24.7. The van der Waals surface area contributed by atoms with E-state index in [0.717, 1.165) is 12.1 Å². The van der Waals surface area contributed by atoms with Crippen molar-refractivity contribution in [2.24, 2.45) is 0 Å². The third-order valence-corrected chi connectivity index (χ3v) is 5.56. The number of esters is 1. The number of aliphatic hydroxyl groups is 3. The fourth-order valence-electron chi connectivity index (χ4n) is 3.57. The number of hydrogen-bond donors (Lipinski definition) is 7. The smallest absolute Gasteiger partial charge is 0.338 e. The molecule has 11 nitrogen and oxygen atoms in total. The van der Waals surface area contributed by atoms with Crippen molar-refractivity contribution in [2.75, 3.05) is 6.61 Å². The van der Waals surface area contributed by atoms with Crippen molar-refractivity contribution in [3.63, 3.8) is 0 Å². The van der Waals surface area contributed by atoms with Crippen LogP contribution in [0.15, 0.2) is 24.3 Å². The van der Waals surface area contributed by atoms with E-state index in [2.05, 4.69) is 0 Å². The first-order chi connectivity index (χ1) is 15.9. The first kappa shape index (κ1) is 25.4. The topological polar surface area (TPSA) is 186 Å². The molecule has 1 saturated heterocycles. The van der Waals surface area contributed by atoms with Crippen LogP contribution in [-0.2, 0) is 9.47 Å². The number of benzene rings is 2. The molecule has 0 amide bonds. The van der Waals surface area contributed by atoms with Gasteiger partial charge in [0, 0.05) is 5.56 Å². The molecule has 3 rings (SSSR count). The lowest BCUT2D eigenvalue weighted by Crippen LogP contribution is -2.61. The van der Waals surface area contributed by atoms with Gasteiger partial charge in [-0.1, -0.05) is 13.8 Å². The molecule has 0 aliphatic carbocycles. The lowest BCUT2D eigenvalue weighted by atomic mass is 9.98. The molecule has 1 aliphatic rings. The van der Waals surface area contributed by atoms with Crippen LogP contribution in [0.4, 0.5) is 0 Å². The highest BCUT2D eigenvalue weighted by Crippen LogP contribution is 2.37. The number of hydrogen-bond acceptors (Lipinski definition) is 11. The number of carbonyl (C=O) groups is 1. The summed E-state index contributed by atoms with van der Waals surface area (Å²) in [6.45, 7) is 4.69. The highest BCUT2D eigenvalue weighted by molar-refractivity contribution is 5.91. The highest BCUT2D eigenvalue weighted by Gasteiger charge is 2.48. The third kappa shape index (κ3) is 4.97. The summed E-state index contributed by atoms with van der Waals surface area (Å²) < 4.78 is 16.6. The van der Waals surface area contributed by atoms with E-state index < -0.39 is 60.5 Å². The van der Waals surface area contributed by atoms with E-state index in [1.807, 2.05) is 13.8 Å². The number of aryl methyl sites for hydroxylation is 1. The highest BCUT2D eigenvalue weighted by atomic mass is 16.7. The second kappa shape index (κ2) is 9.94. The minimum absolute atomic E-state index is 0.0528. The first-order valence-corrected chi connectivity index (χ1v) is 10.5. The molecule has 11 heteroatoms. The van der Waals surface area contributed by atoms with Gasteiger partial charge in [-0.2, -0.15) is 0 Å². The van der Waals surface area contributed by atoms with Gasteiger partial charge in [0.25, 0.3) is 0 Å². The Kier molecular flexibility index (Phi) is 7.41. The molecule has 2 aromatic rings. The average molecular weight is 480 g/mol. The van der Waals surface area contributed by atoms with Gasteiger partial charge in [-0.25, -0.2) is 4.79 Å². The Morgan fingerprint density at radius 3 is 2.18 bits per heavy atom. The second-order valence-electron chi connectivity index (χ2n) is 8.39. The Labute approximate surface area is 195 Å². The molecule has 0 spiro atoms. The van der Waals surface area contributed by atoms with Crippen LogP contribution >= 0.6 is 0 Å². The van der Waals surface area contributed by atoms with Crippen molar-refractivity contribution in [1.29, 1.82) is 0 Å². The van der Waals surface area contributed by atoms with Crippen molar-refractivity contribution >= 4 is 5.97 Å². The predicted molar refractivity (Wildman–Crippen MR) is 116 cm³/mol. The maximum absolute atomic E-state index is 12.6. The quantitative estimate of drug-likeness (QED) is 0.231. The van der Waals surface area contributed by atoms with Gasteiger partial charge in [0.2, 0.25) is 6.29 Å². The molecule has 5 unspecified atom stereocenters. The lowest BCUT2D eigenvalue weighted by molar-refractivity contribution is -0.277. The minimum atomic E-state index is -1.71. The standard InChI is InChI=1S/C23H28O11/c1-9(2)12-7-13(25)10(3)4-16(12)32-23-20(30)21(19(29)17(8-24)33-23)34-22(31)11-5-14(26)18(28)15(27)6-11/h4-7,9,17,19-21,23-30H,8H2,1-3H3.